The van der Waals surface area contributed by atoms with Gasteiger partial charge in [0.1, 0.15) is 0 Å². The highest BCUT2D eigenvalue weighted by molar-refractivity contribution is 14.1. The molecule has 2 saturated carbocycles. The van der Waals surface area contributed by atoms with Gasteiger partial charge in [0.25, 0.3) is 5.91 Å². The highest BCUT2D eigenvalue weighted by Crippen LogP contribution is 2.34. The third kappa shape index (κ3) is 3.72. The largest absolute Gasteiger partial charge is 0.338 e. The Balaban J connectivity index is 1.78. The van der Waals surface area contributed by atoms with Crippen molar-refractivity contribution >= 4 is 44.4 Å². The van der Waals surface area contributed by atoms with Crippen molar-refractivity contribution in [2.45, 2.75) is 25.7 Å². The van der Waals surface area contributed by atoms with Crippen LogP contribution in [0.25, 0.3) is 0 Å². The Morgan fingerprint density at radius 1 is 1.21 bits per heavy atom. The van der Waals surface area contributed by atoms with Gasteiger partial charge in [-0.1, -0.05) is 0 Å². The molecule has 0 unspecified atom stereocenters. The van der Waals surface area contributed by atoms with E-state index in [-0.39, 0.29) is 5.91 Å². The minimum absolute atomic E-state index is 0.198. The lowest BCUT2D eigenvalue weighted by Crippen LogP contribution is -2.35. The molecule has 0 spiro atoms. The van der Waals surface area contributed by atoms with E-state index in [1.807, 2.05) is 18.2 Å². The van der Waals surface area contributed by atoms with Crippen LogP contribution in [0.15, 0.2) is 22.7 Å². The van der Waals surface area contributed by atoms with Gasteiger partial charge in [0.15, 0.2) is 0 Å². The summed E-state index contributed by atoms with van der Waals surface area (Å²) in [6, 6.07) is 5.98. The number of benzene rings is 1. The van der Waals surface area contributed by atoms with Crippen molar-refractivity contribution in [3.05, 3.63) is 31.8 Å². The number of halogens is 2. The second-order valence-electron chi connectivity index (χ2n) is 5.72. The van der Waals surface area contributed by atoms with Gasteiger partial charge in [0.05, 0.1) is 5.56 Å². The fourth-order valence-corrected chi connectivity index (χ4v) is 3.20. The Morgan fingerprint density at radius 3 is 2.32 bits per heavy atom. The first-order valence-electron chi connectivity index (χ1n) is 6.88. The van der Waals surface area contributed by atoms with E-state index < -0.39 is 0 Å². The molecule has 1 aromatic carbocycles. The third-order valence-electron chi connectivity index (χ3n) is 3.80. The summed E-state index contributed by atoms with van der Waals surface area (Å²) < 4.78 is 2.02. The van der Waals surface area contributed by atoms with E-state index in [0.29, 0.717) is 0 Å². The summed E-state index contributed by atoms with van der Waals surface area (Å²) in [5.74, 6) is 1.71. The molecule has 2 aliphatic carbocycles. The average molecular weight is 434 g/mol. The molecule has 1 aromatic rings. The van der Waals surface area contributed by atoms with Gasteiger partial charge in [0.2, 0.25) is 0 Å². The summed E-state index contributed by atoms with van der Waals surface area (Å²) >= 11 is 5.78. The maximum Gasteiger partial charge on any atom is 0.255 e. The lowest BCUT2D eigenvalue weighted by atomic mass is 10.2. The van der Waals surface area contributed by atoms with Crippen molar-refractivity contribution in [3.63, 3.8) is 0 Å². The first-order chi connectivity index (χ1) is 9.13. The van der Waals surface area contributed by atoms with Crippen molar-refractivity contribution in [1.82, 2.24) is 4.90 Å². The predicted octanol–water partition coefficient (Wildman–Crippen LogP) is 4.32. The van der Waals surface area contributed by atoms with Crippen LogP contribution in [-0.2, 0) is 0 Å². The van der Waals surface area contributed by atoms with Gasteiger partial charge in [-0.15, -0.1) is 0 Å². The molecule has 0 saturated heterocycles. The maximum atomic E-state index is 12.7. The molecule has 0 radical (unpaired) electrons. The molecule has 1 amide bonds. The van der Waals surface area contributed by atoms with Gasteiger partial charge < -0.3 is 4.90 Å². The highest BCUT2D eigenvalue weighted by Gasteiger charge is 2.32. The average Bonchev–Trinajstić information content (AvgIpc) is 3.25. The smallest absolute Gasteiger partial charge is 0.255 e. The molecular weight excluding hydrogens is 417 g/mol. The minimum Gasteiger partial charge on any atom is -0.338 e. The van der Waals surface area contributed by atoms with E-state index in [9.17, 15) is 4.79 Å². The Bertz CT molecular complexity index is 483. The number of carbonyl (C=O) groups is 1. The standard InChI is InChI=1S/C15H17BrINO/c16-14-6-5-12(17)7-13(14)15(19)18(8-10-1-2-10)9-11-3-4-11/h5-7,10-11H,1-4,8-9H2. The summed E-state index contributed by atoms with van der Waals surface area (Å²) in [4.78, 5) is 14.8. The number of amides is 1. The molecule has 2 aliphatic rings. The number of carbonyl (C=O) groups excluding carboxylic acids is 1. The molecule has 0 aliphatic heterocycles. The Labute approximate surface area is 136 Å². The summed E-state index contributed by atoms with van der Waals surface area (Å²) in [5.41, 5.74) is 0.813. The van der Waals surface area contributed by atoms with Crippen LogP contribution in [-0.4, -0.2) is 23.9 Å². The molecule has 19 heavy (non-hydrogen) atoms. The fraction of sp³-hybridized carbons (Fsp3) is 0.533. The number of rotatable bonds is 5. The molecule has 0 bridgehead atoms. The van der Waals surface area contributed by atoms with Crippen molar-refractivity contribution in [2.75, 3.05) is 13.1 Å². The molecule has 0 aromatic heterocycles. The van der Waals surface area contributed by atoms with Gasteiger partial charge >= 0.3 is 0 Å². The number of hydrogen-bond acceptors (Lipinski definition) is 1. The molecule has 2 fully saturated rings. The van der Waals surface area contributed by atoms with Gasteiger partial charge in [0, 0.05) is 21.1 Å². The molecule has 4 heteroatoms. The Morgan fingerprint density at radius 2 is 1.79 bits per heavy atom. The lowest BCUT2D eigenvalue weighted by molar-refractivity contribution is 0.0738. The van der Waals surface area contributed by atoms with Crippen LogP contribution in [0.4, 0.5) is 0 Å². The SMILES string of the molecule is O=C(c1cc(I)ccc1Br)N(CC1CC1)CC1CC1. The highest BCUT2D eigenvalue weighted by atomic mass is 127. The van der Waals surface area contributed by atoms with Crippen LogP contribution in [0.5, 0.6) is 0 Å². The molecule has 102 valence electrons. The topological polar surface area (TPSA) is 20.3 Å². The van der Waals surface area contributed by atoms with Crippen LogP contribution in [0.3, 0.4) is 0 Å². The van der Waals surface area contributed by atoms with Crippen LogP contribution >= 0.6 is 38.5 Å². The van der Waals surface area contributed by atoms with Crippen LogP contribution in [0, 0.1) is 15.4 Å². The molecule has 2 nitrogen and oxygen atoms in total. The lowest BCUT2D eigenvalue weighted by Gasteiger charge is -2.23. The molecule has 3 rings (SSSR count). The first-order valence-corrected chi connectivity index (χ1v) is 8.75. The summed E-state index contributed by atoms with van der Waals surface area (Å²) in [7, 11) is 0. The van der Waals surface area contributed by atoms with Crippen molar-refractivity contribution in [2.24, 2.45) is 11.8 Å². The van der Waals surface area contributed by atoms with Crippen molar-refractivity contribution in [1.29, 1.82) is 0 Å². The van der Waals surface area contributed by atoms with Gasteiger partial charge in [-0.25, -0.2) is 0 Å². The summed E-state index contributed by atoms with van der Waals surface area (Å²) in [6.45, 7) is 1.90. The minimum atomic E-state index is 0.198. The Hall–Kier alpha value is -0.100. The van der Waals surface area contributed by atoms with E-state index in [1.165, 1.54) is 25.7 Å². The predicted molar refractivity (Wildman–Crippen MR) is 88.2 cm³/mol. The fourth-order valence-electron chi connectivity index (χ4n) is 2.30. The zero-order valence-electron chi connectivity index (χ0n) is 10.7. The first kappa shape index (κ1) is 13.9. The Kier molecular flexibility index (Phi) is 4.17. The molecule has 0 N–H and O–H groups in total. The van der Waals surface area contributed by atoms with Gasteiger partial charge in [-0.2, -0.15) is 0 Å². The quantitative estimate of drug-likeness (QED) is 0.633. The monoisotopic (exact) mass is 433 g/mol. The third-order valence-corrected chi connectivity index (χ3v) is 5.16. The van der Waals surface area contributed by atoms with Gasteiger partial charge in [-0.3, -0.25) is 4.79 Å². The second-order valence-corrected chi connectivity index (χ2v) is 7.82. The number of nitrogens with zero attached hydrogens (tertiary/aromatic N) is 1. The van der Waals surface area contributed by atoms with Crippen molar-refractivity contribution in [3.8, 4) is 0 Å². The zero-order valence-corrected chi connectivity index (χ0v) is 14.5. The van der Waals surface area contributed by atoms with E-state index in [1.54, 1.807) is 0 Å². The zero-order chi connectivity index (χ0) is 13.4. The van der Waals surface area contributed by atoms with E-state index in [0.717, 1.165) is 38.5 Å². The van der Waals surface area contributed by atoms with E-state index in [2.05, 4.69) is 43.4 Å². The summed E-state index contributed by atoms with van der Waals surface area (Å²) in [6.07, 6.45) is 5.17. The molecular formula is C15H17BrINO. The normalized spacial score (nSPS) is 18.4. The summed E-state index contributed by atoms with van der Waals surface area (Å²) in [5, 5.41) is 0. The maximum absolute atomic E-state index is 12.7. The van der Waals surface area contributed by atoms with Crippen LogP contribution in [0.1, 0.15) is 36.0 Å². The van der Waals surface area contributed by atoms with Crippen LogP contribution < -0.4 is 0 Å². The number of hydrogen-bond donors (Lipinski definition) is 0. The van der Waals surface area contributed by atoms with Gasteiger partial charge in [-0.05, 0) is 94.2 Å². The molecule has 0 heterocycles. The molecule has 0 atom stereocenters. The van der Waals surface area contributed by atoms with E-state index >= 15 is 0 Å². The van der Waals surface area contributed by atoms with Crippen LogP contribution in [0.2, 0.25) is 0 Å². The van der Waals surface area contributed by atoms with E-state index in [4.69, 9.17) is 0 Å². The second kappa shape index (κ2) is 5.72. The van der Waals surface area contributed by atoms with Crippen molar-refractivity contribution < 1.29 is 4.79 Å².